The first-order chi connectivity index (χ1) is 9.45. The van der Waals surface area contributed by atoms with E-state index in [2.05, 4.69) is 10.6 Å². The topological polar surface area (TPSA) is 93.5 Å². The normalized spacial score (nSPS) is 18.8. The molecule has 1 fully saturated rings. The quantitative estimate of drug-likeness (QED) is 0.712. The van der Waals surface area contributed by atoms with E-state index in [4.69, 9.17) is 22.1 Å². The lowest BCUT2D eigenvalue weighted by atomic mass is 10.2. The summed E-state index contributed by atoms with van der Waals surface area (Å²) in [5, 5.41) is 11.5. The molecule has 1 saturated heterocycles. The van der Waals surface area contributed by atoms with Gasteiger partial charge < -0.3 is 15.4 Å². The maximum atomic E-state index is 11.1. The largest absolute Gasteiger partial charge is 0.376 e. The number of nitrogens with one attached hydrogen (secondary N) is 2. The number of nitrogens with two attached hydrogens (primary N) is 1. The summed E-state index contributed by atoms with van der Waals surface area (Å²) in [7, 11) is -3.66. The molecular formula is C12H17N3O3S2. The van der Waals surface area contributed by atoms with Gasteiger partial charge >= 0.3 is 0 Å². The highest BCUT2D eigenvalue weighted by atomic mass is 32.2. The molecule has 0 aliphatic carbocycles. The molecule has 8 heteroatoms. The second-order valence-corrected chi connectivity index (χ2v) is 6.51. The molecule has 4 N–H and O–H groups in total. The fourth-order valence-electron chi connectivity index (χ4n) is 1.92. The Labute approximate surface area is 123 Å². The van der Waals surface area contributed by atoms with Gasteiger partial charge in [-0.15, -0.1) is 0 Å². The third-order valence-electron chi connectivity index (χ3n) is 2.95. The van der Waals surface area contributed by atoms with Crippen LogP contribution in [0.3, 0.4) is 0 Å². The van der Waals surface area contributed by atoms with Crippen LogP contribution in [0.25, 0.3) is 0 Å². The van der Waals surface area contributed by atoms with Crippen LogP contribution in [0.15, 0.2) is 29.2 Å². The highest BCUT2D eigenvalue weighted by Crippen LogP contribution is 2.13. The van der Waals surface area contributed by atoms with Crippen molar-refractivity contribution in [3.8, 4) is 0 Å². The molecule has 0 spiro atoms. The van der Waals surface area contributed by atoms with Crippen molar-refractivity contribution in [2.75, 3.05) is 18.5 Å². The molecule has 2 rings (SSSR count). The number of sulfonamides is 1. The maximum Gasteiger partial charge on any atom is 0.238 e. The van der Waals surface area contributed by atoms with Crippen LogP contribution in [0.5, 0.6) is 0 Å². The highest BCUT2D eigenvalue weighted by molar-refractivity contribution is 7.89. The fourth-order valence-corrected chi connectivity index (χ4v) is 2.63. The van der Waals surface area contributed by atoms with Gasteiger partial charge in [-0.3, -0.25) is 0 Å². The average molecular weight is 315 g/mol. The van der Waals surface area contributed by atoms with Crippen LogP contribution in [-0.2, 0) is 14.8 Å². The lowest BCUT2D eigenvalue weighted by Crippen LogP contribution is -2.34. The van der Waals surface area contributed by atoms with Gasteiger partial charge in [0.15, 0.2) is 5.11 Å². The average Bonchev–Trinajstić information content (AvgIpc) is 2.89. The molecule has 1 heterocycles. The molecule has 0 unspecified atom stereocenters. The Morgan fingerprint density at radius 3 is 2.65 bits per heavy atom. The van der Waals surface area contributed by atoms with Crippen molar-refractivity contribution in [1.29, 1.82) is 0 Å². The zero-order valence-electron chi connectivity index (χ0n) is 10.8. The standard InChI is InChI=1S/C12H17N3O3S2/c13-20(16,17)11-5-3-9(4-6-11)15-12(19)14-8-10-2-1-7-18-10/h3-6,10H,1-2,7-8H2,(H2,13,16,17)(H2,14,15,19)/t10-/m0/s1. The van der Waals surface area contributed by atoms with Crippen LogP contribution >= 0.6 is 12.2 Å². The molecule has 0 radical (unpaired) electrons. The SMILES string of the molecule is NS(=O)(=O)c1ccc(NC(=S)NC[C@@H]2CCCO2)cc1. The predicted molar refractivity (Wildman–Crippen MR) is 81.0 cm³/mol. The summed E-state index contributed by atoms with van der Waals surface area (Å²) in [4.78, 5) is 0.0706. The molecular weight excluding hydrogens is 298 g/mol. The van der Waals surface area contributed by atoms with Gasteiger partial charge in [0, 0.05) is 18.8 Å². The van der Waals surface area contributed by atoms with Gasteiger partial charge in [-0.1, -0.05) is 0 Å². The lowest BCUT2D eigenvalue weighted by Gasteiger charge is -2.14. The van der Waals surface area contributed by atoms with Gasteiger partial charge in [0.1, 0.15) is 0 Å². The third kappa shape index (κ3) is 4.41. The monoisotopic (exact) mass is 315 g/mol. The number of thiocarbonyl (C=S) groups is 1. The first-order valence-electron chi connectivity index (χ1n) is 6.24. The molecule has 0 amide bonds. The molecule has 1 aromatic rings. The van der Waals surface area contributed by atoms with Crippen molar-refractivity contribution >= 4 is 33.0 Å². The molecule has 6 nitrogen and oxygen atoms in total. The van der Waals surface area contributed by atoms with Gasteiger partial charge in [-0.25, -0.2) is 13.6 Å². The summed E-state index contributed by atoms with van der Waals surface area (Å²) in [6, 6.07) is 6.08. The van der Waals surface area contributed by atoms with Crippen LogP contribution in [0.2, 0.25) is 0 Å². The molecule has 0 aromatic heterocycles. The Morgan fingerprint density at radius 1 is 1.40 bits per heavy atom. The highest BCUT2D eigenvalue weighted by Gasteiger charge is 2.15. The van der Waals surface area contributed by atoms with Gasteiger partial charge in [0.2, 0.25) is 10.0 Å². The molecule has 110 valence electrons. The number of rotatable bonds is 4. The van der Waals surface area contributed by atoms with Gasteiger partial charge in [-0.05, 0) is 49.3 Å². The fraction of sp³-hybridized carbons (Fsp3) is 0.417. The lowest BCUT2D eigenvalue weighted by molar-refractivity contribution is 0.114. The third-order valence-corrected chi connectivity index (χ3v) is 4.13. The van der Waals surface area contributed by atoms with E-state index in [1.807, 2.05) is 0 Å². The number of anilines is 1. The second-order valence-electron chi connectivity index (χ2n) is 4.54. The van der Waals surface area contributed by atoms with Crippen LogP contribution in [0, 0.1) is 0 Å². The Hall–Kier alpha value is -1.22. The summed E-state index contributed by atoms with van der Waals surface area (Å²) in [6.07, 6.45) is 2.33. The zero-order valence-corrected chi connectivity index (χ0v) is 12.5. The Bertz CT molecular complexity index is 566. The summed E-state index contributed by atoms with van der Waals surface area (Å²) in [5.41, 5.74) is 0.697. The number of ether oxygens (including phenoxy) is 1. The Morgan fingerprint density at radius 2 is 2.10 bits per heavy atom. The first-order valence-corrected chi connectivity index (χ1v) is 8.20. The smallest absolute Gasteiger partial charge is 0.238 e. The summed E-state index contributed by atoms with van der Waals surface area (Å²) in [5.74, 6) is 0. The Kier molecular flexibility index (Phi) is 4.92. The predicted octanol–water partition coefficient (Wildman–Crippen LogP) is 0.799. The minimum absolute atomic E-state index is 0.0706. The summed E-state index contributed by atoms with van der Waals surface area (Å²) in [6.45, 7) is 1.47. The van der Waals surface area contributed by atoms with E-state index >= 15 is 0 Å². The van der Waals surface area contributed by atoms with E-state index in [9.17, 15) is 8.42 Å². The van der Waals surface area contributed by atoms with Gasteiger partial charge in [0.25, 0.3) is 0 Å². The minimum atomic E-state index is -3.66. The van der Waals surface area contributed by atoms with E-state index in [1.165, 1.54) is 12.1 Å². The molecule has 20 heavy (non-hydrogen) atoms. The maximum absolute atomic E-state index is 11.1. The molecule has 1 aliphatic heterocycles. The summed E-state index contributed by atoms with van der Waals surface area (Å²) >= 11 is 5.16. The van der Waals surface area contributed by atoms with Crippen LogP contribution < -0.4 is 15.8 Å². The number of hydrogen-bond donors (Lipinski definition) is 3. The van der Waals surface area contributed by atoms with Crippen molar-refractivity contribution in [2.45, 2.75) is 23.8 Å². The van der Waals surface area contributed by atoms with E-state index < -0.39 is 10.0 Å². The van der Waals surface area contributed by atoms with Crippen molar-refractivity contribution < 1.29 is 13.2 Å². The number of primary sulfonamides is 1. The minimum Gasteiger partial charge on any atom is -0.376 e. The molecule has 0 saturated carbocycles. The van der Waals surface area contributed by atoms with Crippen LogP contribution in [0.1, 0.15) is 12.8 Å². The molecule has 1 atom stereocenters. The second kappa shape index (κ2) is 6.49. The van der Waals surface area contributed by atoms with E-state index in [1.54, 1.807) is 12.1 Å². The van der Waals surface area contributed by atoms with Crippen LogP contribution in [0.4, 0.5) is 5.69 Å². The van der Waals surface area contributed by atoms with E-state index in [-0.39, 0.29) is 11.0 Å². The van der Waals surface area contributed by atoms with Crippen molar-refractivity contribution in [3.63, 3.8) is 0 Å². The van der Waals surface area contributed by atoms with Gasteiger partial charge in [0.05, 0.1) is 11.0 Å². The Balaban J connectivity index is 1.84. The van der Waals surface area contributed by atoms with Crippen molar-refractivity contribution in [2.24, 2.45) is 5.14 Å². The number of hydrogen-bond acceptors (Lipinski definition) is 4. The summed E-state index contributed by atoms with van der Waals surface area (Å²) < 4.78 is 27.7. The van der Waals surface area contributed by atoms with E-state index in [0.29, 0.717) is 17.3 Å². The first kappa shape index (κ1) is 15.2. The zero-order chi connectivity index (χ0) is 14.6. The molecule has 0 bridgehead atoms. The molecule has 1 aliphatic rings. The van der Waals surface area contributed by atoms with Crippen molar-refractivity contribution in [3.05, 3.63) is 24.3 Å². The number of benzene rings is 1. The molecule has 1 aromatic carbocycles. The van der Waals surface area contributed by atoms with Crippen LogP contribution in [-0.4, -0.2) is 32.8 Å². The van der Waals surface area contributed by atoms with E-state index in [0.717, 1.165) is 19.4 Å². The van der Waals surface area contributed by atoms with Crippen molar-refractivity contribution in [1.82, 2.24) is 5.32 Å². The van der Waals surface area contributed by atoms with Gasteiger partial charge in [-0.2, -0.15) is 0 Å².